The Morgan fingerprint density at radius 2 is 1.82 bits per heavy atom. The van der Waals surface area contributed by atoms with Crippen molar-refractivity contribution < 1.29 is 5.11 Å². The van der Waals surface area contributed by atoms with Crippen molar-refractivity contribution in [3.8, 4) is 5.75 Å². The van der Waals surface area contributed by atoms with Crippen LogP contribution in [-0.2, 0) is 0 Å². The van der Waals surface area contributed by atoms with Crippen LogP contribution in [0.2, 0.25) is 0 Å². The second kappa shape index (κ2) is 10.8. The summed E-state index contributed by atoms with van der Waals surface area (Å²) < 4.78 is 2.15. The van der Waals surface area contributed by atoms with Crippen molar-refractivity contribution in [2.24, 2.45) is 5.92 Å². The van der Waals surface area contributed by atoms with Gasteiger partial charge in [0, 0.05) is 41.4 Å². The van der Waals surface area contributed by atoms with E-state index in [1.807, 2.05) is 6.07 Å². The summed E-state index contributed by atoms with van der Waals surface area (Å²) in [4.78, 5) is 2.52. The molecule has 7 heteroatoms. The molecule has 1 aromatic rings. The molecule has 1 aliphatic heterocycles. The largest absolute Gasteiger partial charge is 0.506 e. The molecule has 0 radical (unpaired) electrons. The first-order valence-corrected chi connectivity index (χ1v) is 9.33. The number of hydrogen-bond acceptors (Lipinski definition) is 3. The van der Waals surface area contributed by atoms with Crippen LogP contribution in [-0.4, -0.2) is 36.2 Å². The molecule has 1 heterocycles. The predicted molar refractivity (Wildman–Crippen MR) is 115 cm³/mol. The molecule has 2 atom stereocenters. The van der Waals surface area contributed by atoms with E-state index in [1.165, 1.54) is 3.57 Å². The Kier molecular flexibility index (Phi) is 11.2. The summed E-state index contributed by atoms with van der Waals surface area (Å²) in [5, 5.41) is 13.9. The Bertz CT molecular complexity index is 471. The van der Waals surface area contributed by atoms with Gasteiger partial charge in [-0.3, -0.25) is 4.90 Å². The maximum Gasteiger partial charge on any atom is 0.133 e. The fraction of sp³-hybridized carbons (Fsp3) is 0.600. The molecular weight excluding hydrogens is 549 g/mol. The monoisotopic (exact) mass is 572 g/mol. The van der Waals surface area contributed by atoms with Crippen LogP contribution in [0.15, 0.2) is 12.1 Å². The zero-order valence-corrected chi connectivity index (χ0v) is 18.8. The Morgan fingerprint density at radius 3 is 2.36 bits per heavy atom. The summed E-state index contributed by atoms with van der Waals surface area (Å²) in [5.74, 6) is 1.00. The molecule has 0 bridgehead atoms. The Morgan fingerprint density at radius 1 is 1.23 bits per heavy atom. The number of halogens is 4. The molecular formula is C15H24Cl2I2N2O. The van der Waals surface area contributed by atoms with Gasteiger partial charge < -0.3 is 10.4 Å². The highest BCUT2D eigenvalue weighted by Gasteiger charge is 2.29. The quantitative estimate of drug-likeness (QED) is 0.524. The molecule has 1 aromatic carbocycles. The second-order valence-electron chi connectivity index (χ2n) is 5.44. The van der Waals surface area contributed by atoms with Gasteiger partial charge in [0.15, 0.2) is 0 Å². The lowest BCUT2D eigenvalue weighted by molar-refractivity contribution is 0.126. The predicted octanol–water partition coefficient (Wildman–Crippen LogP) is 4.44. The smallest absolute Gasteiger partial charge is 0.133 e. The summed E-state index contributed by atoms with van der Waals surface area (Å²) in [5.41, 5.74) is 1.09. The highest BCUT2D eigenvalue weighted by atomic mass is 127. The molecule has 1 aliphatic rings. The molecule has 0 aromatic heterocycles. The van der Waals surface area contributed by atoms with Crippen LogP contribution >= 0.6 is 70.0 Å². The van der Waals surface area contributed by atoms with E-state index in [1.54, 1.807) is 0 Å². The Balaban J connectivity index is 0.00000220. The van der Waals surface area contributed by atoms with Crippen molar-refractivity contribution in [1.82, 2.24) is 10.2 Å². The average molecular weight is 573 g/mol. The third kappa shape index (κ3) is 5.51. The van der Waals surface area contributed by atoms with Gasteiger partial charge in [-0.2, -0.15) is 0 Å². The molecule has 0 aliphatic carbocycles. The van der Waals surface area contributed by atoms with Crippen molar-refractivity contribution >= 4 is 70.0 Å². The van der Waals surface area contributed by atoms with Gasteiger partial charge in [0.25, 0.3) is 0 Å². The van der Waals surface area contributed by atoms with E-state index in [4.69, 9.17) is 0 Å². The van der Waals surface area contributed by atoms with E-state index < -0.39 is 0 Å². The van der Waals surface area contributed by atoms with E-state index in [0.29, 0.717) is 17.7 Å². The Hall–Kier alpha value is 0.980. The van der Waals surface area contributed by atoms with Gasteiger partial charge in [-0.15, -0.1) is 24.8 Å². The standard InChI is InChI=1S/C15H22I2N2O.2ClH/c1-3-10(2)14(19-6-4-18-5-7-19)12-8-11(16)9-13(17)15(12)20;;/h8-10,14,18,20H,3-7H2,1-2H3;2*1H/t10?,14-;;/m1../s1. The first-order valence-electron chi connectivity index (χ1n) is 7.17. The van der Waals surface area contributed by atoms with Crippen molar-refractivity contribution in [2.75, 3.05) is 26.2 Å². The molecule has 1 fully saturated rings. The molecule has 0 spiro atoms. The summed E-state index contributed by atoms with van der Waals surface area (Å²) in [6.07, 6.45) is 1.12. The number of piperazine rings is 1. The zero-order chi connectivity index (χ0) is 14.7. The number of nitrogens with one attached hydrogen (secondary N) is 1. The lowest BCUT2D eigenvalue weighted by Gasteiger charge is -2.38. The van der Waals surface area contributed by atoms with Crippen molar-refractivity contribution in [2.45, 2.75) is 26.3 Å². The molecule has 1 saturated heterocycles. The number of hydrogen-bond donors (Lipinski definition) is 2. The number of phenolic OH excluding ortho intramolecular Hbond substituents is 1. The van der Waals surface area contributed by atoms with Crippen LogP contribution in [0.25, 0.3) is 0 Å². The van der Waals surface area contributed by atoms with Crippen LogP contribution in [0.1, 0.15) is 31.9 Å². The minimum Gasteiger partial charge on any atom is -0.506 e. The highest BCUT2D eigenvalue weighted by Crippen LogP contribution is 2.39. The van der Waals surface area contributed by atoms with Gasteiger partial charge in [0.05, 0.1) is 3.57 Å². The highest BCUT2D eigenvalue weighted by molar-refractivity contribution is 14.1. The first kappa shape index (κ1) is 23.0. The summed E-state index contributed by atoms with van der Waals surface area (Å²) in [6.45, 7) is 8.70. The Labute approximate surface area is 173 Å². The van der Waals surface area contributed by atoms with Crippen molar-refractivity contribution in [3.05, 3.63) is 24.8 Å². The number of phenols is 1. The molecule has 128 valence electrons. The second-order valence-corrected chi connectivity index (χ2v) is 7.85. The van der Waals surface area contributed by atoms with E-state index in [9.17, 15) is 5.11 Å². The topological polar surface area (TPSA) is 35.5 Å². The van der Waals surface area contributed by atoms with Crippen molar-refractivity contribution in [3.63, 3.8) is 0 Å². The van der Waals surface area contributed by atoms with Crippen LogP contribution in [0, 0.1) is 13.1 Å². The maximum atomic E-state index is 10.5. The van der Waals surface area contributed by atoms with E-state index in [-0.39, 0.29) is 24.8 Å². The minimum absolute atomic E-state index is 0. The molecule has 2 N–H and O–H groups in total. The van der Waals surface area contributed by atoms with Gasteiger partial charge in [0.2, 0.25) is 0 Å². The van der Waals surface area contributed by atoms with Crippen molar-refractivity contribution in [1.29, 1.82) is 0 Å². The maximum absolute atomic E-state index is 10.5. The number of nitrogens with zero attached hydrogens (tertiary/aromatic N) is 1. The summed E-state index contributed by atoms with van der Waals surface area (Å²) >= 11 is 4.57. The SMILES string of the molecule is CCC(C)[C@H](c1cc(I)cc(I)c1O)N1CCNCC1.Cl.Cl. The normalized spacial score (nSPS) is 18.0. The van der Waals surface area contributed by atoms with Crippen LogP contribution < -0.4 is 5.32 Å². The van der Waals surface area contributed by atoms with Gasteiger partial charge in [0.1, 0.15) is 5.75 Å². The number of benzene rings is 1. The molecule has 0 saturated carbocycles. The van der Waals surface area contributed by atoms with Gasteiger partial charge in [-0.1, -0.05) is 20.3 Å². The zero-order valence-electron chi connectivity index (χ0n) is 12.8. The first-order chi connectivity index (χ1) is 9.54. The van der Waals surface area contributed by atoms with E-state index in [0.717, 1.165) is 41.7 Å². The molecule has 0 amide bonds. The third-order valence-corrected chi connectivity index (χ3v) is 5.55. The summed E-state index contributed by atoms with van der Waals surface area (Å²) in [7, 11) is 0. The third-order valence-electron chi connectivity index (χ3n) is 4.10. The number of aromatic hydroxyl groups is 1. The van der Waals surface area contributed by atoms with Gasteiger partial charge >= 0.3 is 0 Å². The minimum atomic E-state index is 0. The fourth-order valence-corrected chi connectivity index (χ4v) is 4.75. The lowest BCUT2D eigenvalue weighted by Crippen LogP contribution is -2.46. The van der Waals surface area contributed by atoms with Gasteiger partial charge in [-0.05, 0) is 63.2 Å². The van der Waals surface area contributed by atoms with Gasteiger partial charge in [-0.25, -0.2) is 0 Å². The average Bonchev–Trinajstić information content (AvgIpc) is 2.45. The lowest BCUT2D eigenvalue weighted by atomic mass is 9.90. The number of rotatable bonds is 4. The van der Waals surface area contributed by atoms with Crippen LogP contribution in [0.4, 0.5) is 0 Å². The fourth-order valence-electron chi connectivity index (χ4n) is 2.86. The summed E-state index contributed by atoms with van der Waals surface area (Å²) in [6, 6.07) is 4.49. The van der Waals surface area contributed by atoms with Crippen LogP contribution in [0.3, 0.4) is 0 Å². The molecule has 1 unspecified atom stereocenters. The molecule has 3 nitrogen and oxygen atoms in total. The van der Waals surface area contributed by atoms with E-state index >= 15 is 0 Å². The van der Waals surface area contributed by atoms with Crippen LogP contribution in [0.5, 0.6) is 5.75 Å². The van der Waals surface area contributed by atoms with E-state index in [2.05, 4.69) is 75.3 Å². The molecule has 2 rings (SSSR count). The molecule has 22 heavy (non-hydrogen) atoms.